The zero-order valence-electron chi connectivity index (χ0n) is 11.5. The standard InChI is InChI=1S/C13H17N3O3S/c1-9(2)5-6-14-11(17)8-20-13-16-15-12(19-13)10-4-3-7-18-10/h3-4,7,9H,5-6,8H2,1-2H3,(H,14,17). The van der Waals surface area contributed by atoms with E-state index in [4.69, 9.17) is 8.83 Å². The third-order valence-corrected chi connectivity index (χ3v) is 3.33. The first-order chi connectivity index (χ1) is 9.65. The number of rotatable bonds is 7. The first-order valence-electron chi connectivity index (χ1n) is 6.42. The van der Waals surface area contributed by atoms with Crippen molar-refractivity contribution in [2.75, 3.05) is 12.3 Å². The number of carbonyl (C=O) groups excluding carboxylic acids is 1. The minimum atomic E-state index is -0.0339. The van der Waals surface area contributed by atoms with Crippen LogP contribution >= 0.6 is 11.8 Å². The fourth-order valence-electron chi connectivity index (χ4n) is 1.45. The Labute approximate surface area is 121 Å². The summed E-state index contributed by atoms with van der Waals surface area (Å²) < 4.78 is 10.5. The van der Waals surface area contributed by atoms with Gasteiger partial charge in [-0.25, -0.2) is 0 Å². The second kappa shape index (κ2) is 7.14. The predicted molar refractivity (Wildman–Crippen MR) is 75.2 cm³/mol. The lowest BCUT2D eigenvalue weighted by Gasteiger charge is -2.05. The van der Waals surface area contributed by atoms with Crippen LogP contribution in [-0.4, -0.2) is 28.4 Å². The fraction of sp³-hybridized carbons (Fsp3) is 0.462. The zero-order chi connectivity index (χ0) is 14.4. The van der Waals surface area contributed by atoms with Gasteiger partial charge < -0.3 is 14.2 Å². The van der Waals surface area contributed by atoms with Crippen molar-refractivity contribution in [1.82, 2.24) is 15.5 Å². The third kappa shape index (κ3) is 4.41. The first-order valence-corrected chi connectivity index (χ1v) is 7.40. The van der Waals surface area contributed by atoms with Crippen molar-refractivity contribution in [2.45, 2.75) is 25.5 Å². The fourth-order valence-corrected chi connectivity index (χ4v) is 2.04. The van der Waals surface area contributed by atoms with Gasteiger partial charge in [-0.2, -0.15) is 0 Å². The van der Waals surface area contributed by atoms with Crippen LogP contribution in [0.1, 0.15) is 20.3 Å². The normalized spacial score (nSPS) is 10.9. The van der Waals surface area contributed by atoms with E-state index in [1.165, 1.54) is 18.0 Å². The van der Waals surface area contributed by atoms with Gasteiger partial charge in [-0.15, -0.1) is 10.2 Å². The summed E-state index contributed by atoms with van der Waals surface area (Å²) in [7, 11) is 0. The second-order valence-corrected chi connectivity index (χ2v) is 5.60. The smallest absolute Gasteiger partial charge is 0.284 e. The Morgan fingerprint density at radius 3 is 3.00 bits per heavy atom. The maximum Gasteiger partial charge on any atom is 0.284 e. The predicted octanol–water partition coefficient (Wildman–Crippen LogP) is 2.58. The Kier molecular flexibility index (Phi) is 5.23. The Balaban J connectivity index is 1.75. The van der Waals surface area contributed by atoms with Crippen LogP contribution in [0.3, 0.4) is 0 Å². The van der Waals surface area contributed by atoms with Crippen LogP contribution in [0.25, 0.3) is 11.7 Å². The van der Waals surface area contributed by atoms with Gasteiger partial charge in [-0.3, -0.25) is 4.79 Å². The SMILES string of the molecule is CC(C)CCNC(=O)CSc1nnc(-c2ccco2)o1. The van der Waals surface area contributed by atoms with E-state index in [0.29, 0.717) is 29.3 Å². The molecule has 0 spiro atoms. The lowest BCUT2D eigenvalue weighted by Crippen LogP contribution is -2.26. The summed E-state index contributed by atoms with van der Waals surface area (Å²) in [5, 5.41) is 10.9. The summed E-state index contributed by atoms with van der Waals surface area (Å²) in [4.78, 5) is 11.6. The highest BCUT2D eigenvalue weighted by Gasteiger charge is 2.12. The van der Waals surface area contributed by atoms with Gasteiger partial charge in [0.1, 0.15) is 0 Å². The quantitative estimate of drug-likeness (QED) is 0.791. The number of nitrogens with one attached hydrogen (secondary N) is 1. The average molecular weight is 295 g/mol. The molecule has 0 aliphatic heterocycles. The van der Waals surface area contributed by atoms with E-state index in [0.717, 1.165) is 6.42 Å². The molecule has 1 amide bonds. The van der Waals surface area contributed by atoms with Gasteiger partial charge in [0.25, 0.3) is 11.1 Å². The molecule has 0 saturated carbocycles. The molecule has 2 aromatic rings. The van der Waals surface area contributed by atoms with Crippen molar-refractivity contribution in [2.24, 2.45) is 5.92 Å². The summed E-state index contributed by atoms with van der Waals surface area (Å²) in [6, 6.07) is 3.48. The molecular formula is C13H17N3O3S. The van der Waals surface area contributed by atoms with Gasteiger partial charge in [-0.05, 0) is 24.5 Å². The van der Waals surface area contributed by atoms with Crippen LogP contribution in [-0.2, 0) is 4.79 Å². The molecule has 2 aromatic heterocycles. The van der Waals surface area contributed by atoms with Crippen LogP contribution in [0.15, 0.2) is 32.5 Å². The van der Waals surface area contributed by atoms with Gasteiger partial charge in [0.15, 0.2) is 5.76 Å². The van der Waals surface area contributed by atoms with E-state index in [-0.39, 0.29) is 11.7 Å². The molecule has 2 heterocycles. The number of nitrogens with zero attached hydrogens (tertiary/aromatic N) is 2. The summed E-state index contributed by atoms with van der Waals surface area (Å²) >= 11 is 1.21. The Hall–Kier alpha value is -1.76. The lowest BCUT2D eigenvalue weighted by atomic mass is 10.1. The van der Waals surface area contributed by atoms with Crippen LogP contribution < -0.4 is 5.32 Å². The Morgan fingerprint density at radius 1 is 1.45 bits per heavy atom. The number of hydrogen-bond donors (Lipinski definition) is 1. The molecule has 0 radical (unpaired) electrons. The van der Waals surface area contributed by atoms with Gasteiger partial charge in [-0.1, -0.05) is 25.6 Å². The summed E-state index contributed by atoms with van der Waals surface area (Å²) in [6.07, 6.45) is 2.51. The molecule has 0 saturated heterocycles. The maximum absolute atomic E-state index is 11.6. The highest BCUT2D eigenvalue weighted by Crippen LogP contribution is 2.22. The third-order valence-electron chi connectivity index (χ3n) is 2.51. The van der Waals surface area contributed by atoms with Crippen molar-refractivity contribution in [3.63, 3.8) is 0 Å². The highest BCUT2D eigenvalue weighted by molar-refractivity contribution is 7.99. The van der Waals surface area contributed by atoms with Crippen molar-refractivity contribution in [3.05, 3.63) is 18.4 Å². The molecule has 0 unspecified atom stereocenters. The van der Waals surface area contributed by atoms with Crippen molar-refractivity contribution in [3.8, 4) is 11.7 Å². The Morgan fingerprint density at radius 2 is 2.30 bits per heavy atom. The number of thioether (sulfide) groups is 1. The molecule has 0 bridgehead atoms. The molecule has 0 atom stereocenters. The molecule has 20 heavy (non-hydrogen) atoms. The number of furan rings is 1. The van der Waals surface area contributed by atoms with Crippen molar-refractivity contribution >= 4 is 17.7 Å². The molecule has 2 rings (SSSR count). The van der Waals surface area contributed by atoms with E-state index in [1.54, 1.807) is 12.1 Å². The van der Waals surface area contributed by atoms with E-state index in [9.17, 15) is 4.79 Å². The van der Waals surface area contributed by atoms with E-state index in [1.807, 2.05) is 0 Å². The van der Waals surface area contributed by atoms with E-state index >= 15 is 0 Å². The minimum Gasteiger partial charge on any atom is -0.459 e. The van der Waals surface area contributed by atoms with E-state index in [2.05, 4.69) is 29.4 Å². The highest BCUT2D eigenvalue weighted by atomic mass is 32.2. The monoisotopic (exact) mass is 295 g/mol. The number of amides is 1. The van der Waals surface area contributed by atoms with Gasteiger partial charge >= 0.3 is 0 Å². The van der Waals surface area contributed by atoms with Crippen LogP contribution in [0.5, 0.6) is 0 Å². The number of aromatic nitrogens is 2. The Bertz CT molecular complexity index is 537. The largest absolute Gasteiger partial charge is 0.459 e. The van der Waals surface area contributed by atoms with Crippen molar-refractivity contribution < 1.29 is 13.6 Å². The topological polar surface area (TPSA) is 81.2 Å². The molecule has 0 aliphatic rings. The molecular weight excluding hydrogens is 278 g/mol. The van der Waals surface area contributed by atoms with E-state index < -0.39 is 0 Å². The summed E-state index contributed by atoms with van der Waals surface area (Å²) in [6.45, 7) is 4.93. The number of hydrogen-bond acceptors (Lipinski definition) is 6. The molecule has 0 aromatic carbocycles. The van der Waals surface area contributed by atoms with Crippen LogP contribution in [0.4, 0.5) is 0 Å². The van der Waals surface area contributed by atoms with Gasteiger partial charge in [0.05, 0.1) is 12.0 Å². The molecule has 108 valence electrons. The maximum atomic E-state index is 11.6. The molecule has 1 N–H and O–H groups in total. The van der Waals surface area contributed by atoms with Crippen LogP contribution in [0, 0.1) is 5.92 Å². The molecule has 0 fully saturated rings. The minimum absolute atomic E-state index is 0.0339. The molecule has 0 aliphatic carbocycles. The average Bonchev–Trinajstić information content (AvgIpc) is 3.06. The number of carbonyl (C=O) groups is 1. The van der Waals surface area contributed by atoms with Crippen molar-refractivity contribution in [1.29, 1.82) is 0 Å². The van der Waals surface area contributed by atoms with Gasteiger partial charge in [0.2, 0.25) is 5.91 Å². The molecule has 7 heteroatoms. The zero-order valence-corrected chi connectivity index (χ0v) is 12.3. The summed E-state index contributed by atoms with van der Waals surface area (Å²) in [5.41, 5.74) is 0. The lowest BCUT2D eigenvalue weighted by molar-refractivity contribution is -0.118. The summed E-state index contributed by atoms with van der Waals surface area (Å²) in [5.74, 6) is 1.64. The molecule has 6 nitrogen and oxygen atoms in total. The van der Waals surface area contributed by atoms with Crippen LogP contribution in [0.2, 0.25) is 0 Å². The van der Waals surface area contributed by atoms with Gasteiger partial charge in [0, 0.05) is 6.54 Å². The second-order valence-electron chi connectivity index (χ2n) is 4.67. The first kappa shape index (κ1) is 14.6.